The normalized spacial score (nSPS) is 18.1. The molecule has 0 unspecified atom stereocenters. The Morgan fingerprint density at radius 1 is 1.42 bits per heavy atom. The summed E-state index contributed by atoms with van der Waals surface area (Å²) in [7, 11) is 0. The largest absolute Gasteiger partial charge is 0.376 e. The van der Waals surface area contributed by atoms with E-state index in [1.54, 1.807) is 0 Å². The summed E-state index contributed by atoms with van der Waals surface area (Å²) in [6, 6.07) is 3.25. The van der Waals surface area contributed by atoms with Crippen molar-refractivity contribution in [2.24, 2.45) is 0 Å². The molecule has 0 aromatic heterocycles. The van der Waals surface area contributed by atoms with E-state index < -0.39 is 11.6 Å². The van der Waals surface area contributed by atoms with Crippen molar-refractivity contribution in [1.82, 2.24) is 10.7 Å². The van der Waals surface area contributed by atoms with Gasteiger partial charge in [0.2, 0.25) is 0 Å². The molecule has 1 heterocycles. The summed E-state index contributed by atoms with van der Waals surface area (Å²) >= 11 is 5.02. The fourth-order valence-electron chi connectivity index (χ4n) is 1.77. The van der Waals surface area contributed by atoms with E-state index in [2.05, 4.69) is 16.2 Å². The molecule has 2 rings (SSSR count). The predicted molar refractivity (Wildman–Crippen MR) is 72.7 cm³/mol. The summed E-state index contributed by atoms with van der Waals surface area (Å²) < 4.78 is 31.4. The van der Waals surface area contributed by atoms with Crippen LogP contribution < -0.4 is 16.2 Å². The monoisotopic (exact) mass is 287 g/mol. The summed E-state index contributed by atoms with van der Waals surface area (Å²) in [6.45, 7) is 1.39. The highest BCUT2D eigenvalue weighted by atomic mass is 32.1. The zero-order valence-electron chi connectivity index (χ0n) is 10.2. The molecule has 1 aromatic carbocycles. The Kier molecular flexibility index (Phi) is 4.86. The van der Waals surface area contributed by atoms with Crippen LogP contribution in [-0.4, -0.2) is 24.4 Å². The van der Waals surface area contributed by atoms with Crippen LogP contribution in [0.4, 0.5) is 14.5 Å². The molecular formula is C12H15F2N3OS. The molecule has 0 radical (unpaired) electrons. The number of hydrogen-bond donors (Lipinski definition) is 3. The van der Waals surface area contributed by atoms with Crippen molar-refractivity contribution in [3.63, 3.8) is 0 Å². The summed E-state index contributed by atoms with van der Waals surface area (Å²) in [6.07, 6.45) is 2.24. The number of hydrazine groups is 1. The van der Waals surface area contributed by atoms with Gasteiger partial charge in [0.1, 0.15) is 5.82 Å². The molecule has 1 atom stereocenters. The van der Waals surface area contributed by atoms with Crippen molar-refractivity contribution in [3.8, 4) is 0 Å². The maximum Gasteiger partial charge on any atom is 0.185 e. The minimum Gasteiger partial charge on any atom is -0.376 e. The topological polar surface area (TPSA) is 45.3 Å². The highest BCUT2D eigenvalue weighted by molar-refractivity contribution is 7.80. The second kappa shape index (κ2) is 6.63. The molecular weight excluding hydrogens is 272 g/mol. The van der Waals surface area contributed by atoms with Crippen molar-refractivity contribution in [2.45, 2.75) is 18.9 Å². The highest BCUT2D eigenvalue weighted by Gasteiger charge is 2.15. The average Bonchev–Trinajstić information content (AvgIpc) is 2.88. The molecule has 1 aliphatic heterocycles. The van der Waals surface area contributed by atoms with Gasteiger partial charge in [-0.2, -0.15) is 0 Å². The first-order chi connectivity index (χ1) is 9.15. The van der Waals surface area contributed by atoms with Crippen LogP contribution in [0, 0.1) is 11.6 Å². The third-order valence-corrected chi connectivity index (χ3v) is 3.00. The number of ether oxygens (including phenoxy) is 1. The van der Waals surface area contributed by atoms with Crippen LogP contribution in [0.5, 0.6) is 0 Å². The van der Waals surface area contributed by atoms with E-state index in [0.717, 1.165) is 31.6 Å². The maximum absolute atomic E-state index is 13.3. The molecule has 19 heavy (non-hydrogen) atoms. The Labute approximate surface area is 115 Å². The summed E-state index contributed by atoms with van der Waals surface area (Å²) in [5.74, 6) is -1.31. The van der Waals surface area contributed by atoms with Crippen molar-refractivity contribution in [3.05, 3.63) is 29.8 Å². The molecule has 0 spiro atoms. The lowest BCUT2D eigenvalue weighted by Crippen LogP contribution is -2.42. The van der Waals surface area contributed by atoms with Gasteiger partial charge in [0.15, 0.2) is 10.9 Å². The van der Waals surface area contributed by atoms with Gasteiger partial charge in [-0.1, -0.05) is 0 Å². The quantitative estimate of drug-likeness (QED) is 0.583. The number of hydrogen-bond acceptors (Lipinski definition) is 3. The molecule has 0 saturated carbocycles. The Bertz CT molecular complexity index is 453. The molecule has 4 nitrogen and oxygen atoms in total. The Hall–Kier alpha value is -1.47. The van der Waals surface area contributed by atoms with Crippen LogP contribution in [0.3, 0.4) is 0 Å². The molecule has 0 aliphatic carbocycles. The molecule has 1 aromatic rings. The fourth-order valence-corrected chi connectivity index (χ4v) is 1.91. The number of thiocarbonyl (C=S) groups is 1. The van der Waals surface area contributed by atoms with Crippen LogP contribution in [0.25, 0.3) is 0 Å². The highest BCUT2D eigenvalue weighted by Crippen LogP contribution is 2.13. The third-order valence-electron chi connectivity index (χ3n) is 2.76. The van der Waals surface area contributed by atoms with Gasteiger partial charge in [0.25, 0.3) is 0 Å². The molecule has 1 aliphatic rings. The molecule has 0 amide bonds. The van der Waals surface area contributed by atoms with E-state index in [-0.39, 0.29) is 11.8 Å². The Balaban J connectivity index is 1.73. The number of nitrogens with one attached hydrogen (secondary N) is 3. The smallest absolute Gasteiger partial charge is 0.185 e. The van der Waals surface area contributed by atoms with Gasteiger partial charge in [-0.05, 0) is 37.2 Å². The maximum atomic E-state index is 13.3. The first kappa shape index (κ1) is 14.0. The molecule has 1 saturated heterocycles. The van der Waals surface area contributed by atoms with E-state index in [1.165, 1.54) is 6.07 Å². The summed E-state index contributed by atoms with van der Waals surface area (Å²) in [4.78, 5) is 0. The van der Waals surface area contributed by atoms with Crippen LogP contribution in [0.2, 0.25) is 0 Å². The Morgan fingerprint density at radius 3 is 2.95 bits per heavy atom. The lowest BCUT2D eigenvalue weighted by molar-refractivity contribution is 0.114. The van der Waals surface area contributed by atoms with E-state index in [4.69, 9.17) is 17.0 Å². The van der Waals surface area contributed by atoms with Crippen LogP contribution in [0.1, 0.15) is 12.8 Å². The molecule has 104 valence electrons. The van der Waals surface area contributed by atoms with Gasteiger partial charge in [-0.25, -0.2) is 8.78 Å². The second-order valence-corrected chi connectivity index (χ2v) is 4.63. The Morgan fingerprint density at radius 2 is 2.26 bits per heavy atom. The standard InChI is InChI=1S/C12H15F2N3OS/c13-8-3-4-11(10(14)6-8)16-17-12(19)15-7-9-2-1-5-18-9/h3-4,6,9,16H,1-2,5,7H2,(H2,15,17,19)/t9-/m1/s1. The van der Waals surface area contributed by atoms with Gasteiger partial charge in [-0.15, -0.1) is 0 Å². The van der Waals surface area contributed by atoms with Crippen molar-refractivity contribution in [1.29, 1.82) is 0 Å². The van der Waals surface area contributed by atoms with E-state index >= 15 is 0 Å². The van der Waals surface area contributed by atoms with Gasteiger partial charge >= 0.3 is 0 Å². The predicted octanol–water partition coefficient (Wildman–Crippen LogP) is 1.93. The van der Waals surface area contributed by atoms with Crippen LogP contribution >= 0.6 is 12.2 Å². The zero-order chi connectivity index (χ0) is 13.7. The zero-order valence-corrected chi connectivity index (χ0v) is 11.0. The van der Waals surface area contributed by atoms with E-state index in [1.807, 2.05) is 0 Å². The molecule has 3 N–H and O–H groups in total. The van der Waals surface area contributed by atoms with Gasteiger partial charge < -0.3 is 10.1 Å². The average molecular weight is 287 g/mol. The van der Waals surface area contributed by atoms with Crippen LogP contribution in [0.15, 0.2) is 18.2 Å². The van der Waals surface area contributed by atoms with E-state index in [9.17, 15) is 8.78 Å². The minimum atomic E-state index is -0.686. The molecule has 0 bridgehead atoms. The third kappa shape index (κ3) is 4.29. The minimum absolute atomic E-state index is 0.127. The SMILES string of the molecule is Fc1ccc(NNC(=S)NC[C@H]2CCCO2)c(F)c1. The number of anilines is 1. The molecule has 7 heteroatoms. The first-order valence-corrected chi connectivity index (χ1v) is 6.42. The summed E-state index contributed by atoms with van der Waals surface area (Å²) in [5, 5.41) is 3.29. The van der Waals surface area contributed by atoms with Crippen LogP contribution in [-0.2, 0) is 4.74 Å². The van der Waals surface area contributed by atoms with Gasteiger partial charge in [0, 0.05) is 19.2 Å². The lowest BCUT2D eigenvalue weighted by atomic mass is 10.2. The van der Waals surface area contributed by atoms with Crippen molar-refractivity contribution < 1.29 is 13.5 Å². The molecule has 1 fully saturated rings. The first-order valence-electron chi connectivity index (χ1n) is 6.01. The van der Waals surface area contributed by atoms with Crippen molar-refractivity contribution in [2.75, 3.05) is 18.6 Å². The number of halogens is 2. The lowest BCUT2D eigenvalue weighted by Gasteiger charge is -2.15. The number of benzene rings is 1. The van der Waals surface area contributed by atoms with E-state index in [0.29, 0.717) is 11.7 Å². The second-order valence-electron chi connectivity index (χ2n) is 4.22. The number of rotatable bonds is 4. The summed E-state index contributed by atoms with van der Waals surface area (Å²) in [5.41, 5.74) is 5.34. The van der Waals surface area contributed by atoms with Gasteiger partial charge in [0.05, 0.1) is 11.8 Å². The van der Waals surface area contributed by atoms with Crippen molar-refractivity contribution >= 4 is 23.0 Å². The van der Waals surface area contributed by atoms with Gasteiger partial charge in [-0.3, -0.25) is 10.9 Å². The fraction of sp³-hybridized carbons (Fsp3) is 0.417.